The third-order valence-corrected chi connectivity index (χ3v) is 5.90. The second-order valence-corrected chi connectivity index (χ2v) is 7.99. The molecule has 7 nitrogen and oxygen atoms in total. The van der Waals surface area contributed by atoms with Gasteiger partial charge >= 0.3 is 0 Å². The molecule has 1 aliphatic rings. The summed E-state index contributed by atoms with van der Waals surface area (Å²) in [4.78, 5) is 32.7. The van der Waals surface area contributed by atoms with E-state index < -0.39 is 6.04 Å². The van der Waals surface area contributed by atoms with Crippen molar-refractivity contribution in [2.24, 2.45) is 0 Å². The van der Waals surface area contributed by atoms with Gasteiger partial charge in [-0.15, -0.1) is 0 Å². The Morgan fingerprint density at radius 1 is 1.00 bits per heavy atom. The van der Waals surface area contributed by atoms with Crippen LogP contribution < -0.4 is 15.0 Å². The van der Waals surface area contributed by atoms with Crippen molar-refractivity contribution in [2.45, 2.75) is 18.9 Å². The van der Waals surface area contributed by atoms with Crippen molar-refractivity contribution in [1.82, 2.24) is 9.55 Å². The van der Waals surface area contributed by atoms with Crippen LogP contribution in [0.4, 0.5) is 11.6 Å². The Kier molecular flexibility index (Phi) is 5.52. The highest BCUT2D eigenvalue weighted by Gasteiger charge is 2.40. The predicted octanol–water partition coefficient (Wildman–Crippen LogP) is 4.20. The first-order valence-corrected chi connectivity index (χ1v) is 10.9. The fraction of sp³-hybridized carbons (Fsp3) is 0.192. The molecule has 0 unspecified atom stereocenters. The van der Waals surface area contributed by atoms with Gasteiger partial charge in [-0.2, -0.15) is 0 Å². The van der Waals surface area contributed by atoms with Gasteiger partial charge < -0.3 is 10.1 Å². The summed E-state index contributed by atoms with van der Waals surface area (Å²) in [5.74, 6) is 1.06. The fourth-order valence-corrected chi connectivity index (χ4v) is 4.25. The van der Waals surface area contributed by atoms with Crippen molar-refractivity contribution in [3.8, 4) is 5.75 Å². The normalized spacial score (nSPS) is 15.0. The van der Waals surface area contributed by atoms with Gasteiger partial charge in [0, 0.05) is 12.2 Å². The van der Waals surface area contributed by atoms with Crippen molar-refractivity contribution in [3.63, 3.8) is 0 Å². The van der Waals surface area contributed by atoms with Gasteiger partial charge in [0.05, 0.1) is 24.6 Å². The number of para-hydroxylation sites is 3. The third-order valence-electron chi connectivity index (χ3n) is 5.90. The SMILES string of the molecule is COc1ccc(CCN2C(=O)[C@@H](CC(=O)Nc3ccccc3)n3c2nc2ccccc23)cc1. The first-order valence-electron chi connectivity index (χ1n) is 10.9. The summed E-state index contributed by atoms with van der Waals surface area (Å²) < 4.78 is 7.12. The zero-order chi connectivity index (χ0) is 22.8. The molecular weight excluding hydrogens is 416 g/mol. The standard InChI is InChI=1S/C26H24N4O3/c1-33-20-13-11-18(12-14-20)15-16-29-25(32)23(17-24(31)27-19-7-3-2-4-8-19)30-22-10-6-5-9-21(22)28-26(29)30/h2-14,23H,15-17H2,1H3,(H,27,31)/t23-/m1/s1. The number of fused-ring (bicyclic) bond motifs is 3. The lowest BCUT2D eigenvalue weighted by atomic mass is 10.1. The van der Waals surface area contributed by atoms with E-state index in [1.165, 1.54) is 0 Å². The molecule has 0 bridgehead atoms. The molecule has 0 saturated heterocycles. The van der Waals surface area contributed by atoms with E-state index in [2.05, 4.69) is 5.32 Å². The molecule has 0 spiro atoms. The number of amides is 2. The van der Waals surface area contributed by atoms with Crippen molar-refractivity contribution < 1.29 is 14.3 Å². The summed E-state index contributed by atoms with van der Waals surface area (Å²) in [6.07, 6.45) is 0.710. The van der Waals surface area contributed by atoms with Crippen molar-refractivity contribution in [3.05, 3.63) is 84.4 Å². The highest BCUT2D eigenvalue weighted by atomic mass is 16.5. The number of hydrogen-bond donors (Lipinski definition) is 1. The van der Waals surface area contributed by atoms with E-state index >= 15 is 0 Å². The molecule has 0 radical (unpaired) electrons. The third kappa shape index (κ3) is 4.05. The number of carbonyl (C=O) groups excluding carboxylic acids is 2. The molecule has 7 heteroatoms. The van der Waals surface area contributed by atoms with Gasteiger partial charge in [-0.1, -0.05) is 42.5 Å². The minimum absolute atomic E-state index is 0.0418. The maximum Gasteiger partial charge on any atom is 0.253 e. The van der Waals surface area contributed by atoms with Gasteiger partial charge in [0.15, 0.2) is 0 Å². The highest BCUT2D eigenvalue weighted by Crippen LogP contribution is 2.36. The summed E-state index contributed by atoms with van der Waals surface area (Å²) in [5, 5.41) is 2.89. The van der Waals surface area contributed by atoms with Gasteiger partial charge in [-0.3, -0.25) is 19.1 Å². The van der Waals surface area contributed by atoms with Crippen molar-refractivity contribution >= 4 is 34.5 Å². The Labute approximate surface area is 191 Å². The second kappa shape index (κ2) is 8.78. The number of ether oxygens (including phenoxy) is 1. The molecule has 2 amide bonds. The number of carbonyl (C=O) groups is 2. The smallest absolute Gasteiger partial charge is 0.253 e. The van der Waals surface area contributed by atoms with Crippen LogP contribution in [0, 0.1) is 0 Å². The molecule has 0 fully saturated rings. The van der Waals surface area contributed by atoms with E-state index in [0.717, 1.165) is 22.3 Å². The number of imidazole rings is 1. The maximum absolute atomic E-state index is 13.4. The van der Waals surface area contributed by atoms with Crippen LogP contribution in [0.15, 0.2) is 78.9 Å². The number of hydrogen-bond acceptors (Lipinski definition) is 4. The van der Waals surface area contributed by atoms with Gasteiger partial charge in [-0.25, -0.2) is 4.98 Å². The largest absolute Gasteiger partial charge is 0.497 e. The number of anilines is 2. The maximum atomic E-state index is 13.4. The van der Waals surface area contributed by atoms with E-state index in [0.29, 0.717) is 24.6 Å². The molecule has 4 aromatic rings. The Balaban J connectivity index is 1.40. The minimum atomic E-state index is -0.632. The van der Waals surface area contributed by atoms with Gasteiger partial charge in [0.1, 0.15) is 11.8 Å². The summed E-state index contributed by atoms with van der Waals surface area (Å²) in [6.45, 7) is 0.477. The van der Waals surface area contributed by atoms with E-state index in [9.17, 15) is 9.59 Å². The molecule has 0 saturated carbocycles. The lowest BCUT2D eigenvalue weighted by Crippen LogP contribution is -2.33. The number of nitrogens with one attached hydrogen (secondary N) is 1. The van der Waals surface area contributed by atoms with Crippen LogP contribution in [0.3, 0.4) is 0 Å². The molecular formula is C26H24N4O3. The Morgan fingerprint density at radius 3 is 2.48 bits per heavy atom. The number of aromatic nitrogens is 2. The summed E-state index contributed by atoms with van der Waals surface area (Å²) >= 11 is 0. The van der Waals surface area contributed by atoms with Crippen LogP contribution >= 0.6 is 0 Å². The molecule has 1 aliphatic heterocycles. The molecule has 5 rings (SSSR count). The molecule has 166 valence electrons. The molecule has 33 heavy (non-hydrogen) atoms. The van der Waals surface area contributed by atoms with Crippen molar-refractivity contribution in [1.29, 1.82) is 0 Å². The van der Waals surface area contributed by atoms with E-state index in [1.807, 2.05) is 83.4 Å². The number of rotatable bonds is 7. The van der Waals surface area contributed by atoms with Gasteiger partial charge in [0.25, 0.3) is 5.91 Å². The molecule has 1 atom stereocenters. The lowest BCUT2D eigenvalue weighted by Gasteiger charge is -2.16. The van der Waals surface area contributed by atoms with Gasteiger partial charge in [0.2, 0.25) is 11.9 Å². The average Bonchev–Trinajstić information content (AvgIpc) is 3.33. The van der Waals surface area contributed by atoms with Crippen LogP contribution in [0.5, 0.6) is 5.75 Å². The average molecular weight is 441 g/mol. The number of methoxy groups -OCH3 is 1. The quantitative estimate of drug-likeness (QED) is 0.467. The molecule has 2 heterocycles. The van der Waals surface area contributed by atoms with Crippen LogP contribution in [0.1, 0.15) is 18.0 Å². The van der Waals surface area contributed by atoms with Crippen LogP contribution in [0.2, 0.25) is 0 Å². The Morgan fingerprint density at radius 2 is 1.73 bits per heavy atom. The monoisotopic (exact) mass is 440 g/mol. The van der Waals surface area contributed by atoms with Crippen molar-refractivity contribution in [2.75, 3.05) is 23.9 Å². The molecule has 1 aromatic heterocycles. The molecule has 1 N–H and O–H groups in total. The van der Waals surface area contributed by atoms with E-state index in [-0.39, 0.29) is 18.2 Å². The Bertz CT molecular complexity index is 1300. The van der Waals surface area contributed by atoms with Crippen LogP contribution in [0.25, 0.3) is 11.0 Å². The minimum Gasteiger partial charge on any atom is -0.497 e. The first kappa shape index (κ1) is 20.8. The molecule has 3 aromatic carbocycles. The zero-order valence-electron chi connectivity index (χ0n) is 18.3. The van der Waals surface area contributed by atoms with E-state index in [1.54, 1.807) is 12.0 Å². The fourth-order valence-electron chi connectivity index (χ4n) is 4.25. The number of benzene rings is 3. The topological polar surface area (TPSA) is 76.5 Å². The molecule has 0 aliphatic carbocycles. The van der Waals surface area contributed by atoms with Crippen LogP contribution in [-0.2, 0) is 16.0 Å². The summed E-state index contributed by atoms with van der Waals surface area (Å²) in [7, 11) is 1.64. The van der Waals surface area contributed by atoms with E-state index in [4.69, 9.17) is 9.72 Å². The highest BCUT2D eigenvalue weighted by molar-refractivity contribution is 6.05. The summed E-state index contributed by atoms with van der Waals surface area (Å²) in [6, 6.07) is 24.1. The Hall–Kier alpha value is -4.13. The predicted molar refractivity (Wildman–Crippen MR) is 128 cm³/mol. The van der Waals surface area contributed by atoms with Gasteiger partial charge in [-0.05, 0) is 48.4 Å². The lowest BCUT2D eigenvalue weighted by molar-refractivity contribution is -0.124. The first-order chi connectivity index (χ1) is 16.1. The zero-order valence-corrected chi connectivity index (χ0v) is 18.3. The van der Waals surface area contributed by atoms with Crippen LogP contribution in [-0.4, -0.2) is 35.0 Å². The number of nitrogens with zero attached hydrogens (tertiary/aromatic N) is 3. The second-order valence-electron chi connectivity index (χ2n) is 7.99. The summed E-state index contributed by atoms with van der Waals surface area (Å²) in [5.41, 5.74) is 3.46.